The number of hydrogen-bond acceptors (Lipinski definition) is 6. The van der Waals surface area contributed by atoms with E-state index in [4.69, 9.17) is 5.73 Å². The monoisotopic (exact) mass is 432 g/mol. The highest BCUT2D eigenvalue weighted by Crippen LogP contribution is 2.29. The van der Waals surface area contributed by atoms with E-state index in [2.05, 4.69) is 0 Å². The molecule has 9 heteroatoms. The number of nitrogens with two attached hydrogens (primary N) is 1. The zero-order chi connectivity index (χ0) is 21.1. The molecular weight excluding hydrogens is 408 g/mol. The molecule has 0 aliphatic carbocycles. The van der Waals surface area contributed by atoms with Gasteiger partial charge in [0, 0.05) is 50.4 Å². The largest absolute Gasteiger partial charge is 0.372 e. The summed E-state index contributed by atoms with van der Waals surface area (Å²) in [7, 11) is 3.39. The quantitative estimate of drug-likeness (QED) is 0.442. The molecule has 8 nitrogen and oxygen atoms in total. The van der Waals surface area contributed by atoms with Gasteiger partial charge in [-0.25, -0.2) is 0 Å². The van der Waals surface area contributed by atoms with E-state index in [0.29, 0.717) is 18.8 Å². The molecule has 2 N–H and O–H groups in total. The van der Waals surface area contributed by atoms with E-state index in [1.165, 1.54) is 6.07 Å². The standard InChI is InChI=1S/C21H24N4O4.ClH/c1-23(2)18-10-9-14(12-19(18)25(28)29)20(26)16-7-3-4-8-17(16)21(27)24-11-5-6-15(22)13-24;/h3-4,7-10,12,15H,5-6,11,13,22H2,1-2H3;1H. The first-order chi connectivity index (χ1) is 13.8. The van der Waals surface area contributed by atoms with Crippen molar-refractivity contribution in [2.75, 3.05) is 32.1 Å². The van der Waals surface area contributed by atoms with Gasteiger partial charge in [0.05, 0.1) is 10.5 Å². The van der Waals surface area contributed by atoms with Crippen molar-refractivity contribution >= 4 is 35.5 Å². The summed E-state index contributed by atoms with van der Waals surface area (Å²) in [5.74, 6) is -0.674. The molecule has 1 saturated heterocycles. The highest BCUT2D eigenvalue weighted by Gasteiger charge is 2.27. The van der Waals surface area contributed by atoms with E-state index in [1.54, 1.807) is 60.3 Å². The molecule has 0 radical (unpaired) electrons. The fourth-order valence-corrected chi connectivity index (χ4v) is 3.58. The molecular formula is C21H25ClN4O4. The lowest BCUT2D eigenvalue weighted by atomic mass is 9.96. The zero-order valence-electron chi connectivity index (χ0n) is 16.9. The molecule has 0 aromatic heterocycles. The molecule has 1 aliphatic rings. The third-order valence-electron chi connectivity index (χ3n) is 5.06. The molecule has 2 aromatic carbocycles. The van der Waals surface area contributed by atoms with Crippen LogP contribution in [0.25, 0.3) is 0 Å². The van der Waals surface area contributed by atoms with Gasteiger partial charge in [-0.05, 0) is 31.0 Å². The van der Waals surface area contributed by atoms with Crippen molar-refractivity contribution in [2.45, 2.75) is 18.9 Å². The topological polar surface area (TPSA) is 110 Å². The molecule has 0 spiro atoms. The number of nitro benzene ring substituents is 1. The summed E-state index contributed by atoms with van der Waals surface area (Å²) in [6.45, 7) is 1.04. The molecule has 1 fully saturated rings. The lowest BCUT2D eigenvalue weighted by molar-refractivity contribution is -0.384. The van der Waals surface area contributed by atoms with Crippen LogP contribution < -0.4 is 10.6 Å². The second-order valence-electron chi connectivity index (χ2n) is 7.38. The molecule has 1 unspecified atom stereocenters. The maximum absolute atomic E-state index is 13.1. The molecule has 0 bridgehead atoms. The van der Waals surface area contributed by atoms with Gasteiger partial charge in [0.1, 0.15) is 5.69 Å². The number of carbonyl (C=O) groups is 2. The van der Waals surface area contributed by atoms with Crippen LogP contribution in [0.5, 0.6) is 0 Å². The Bertz CT molecular complexity index is 964. The first-order valence-corrected chi connectivity index (χ1v) is 9.44. The van der Waals surface area contributed by atoms with Crippen molar-refractivity contribution in [1.82, 2.24) is 4.90 Å². The summed E-state index contributed by atoms with van der Waals surface area (Å²) in [4.78, 5) is 40.4. The van der Waals surface area contributed by atoms with E-state index < -0.39 is 10.7 Å². The number of hydrogen-bond donors (Lipinski definition) is 1. The van der Waals surface area contributed by atoms with E-state index in [0.717, 1.165) is 12.8 Å². The number of likely N-dealkylation sites (tertiary alicyclic amines) is 1. The number of carbonyl (C=O) groups excluding carboxylic acids is 2. The molecule has 1 atom stereocenters. The average Bonchev–Trinajstić information content (AvgIpc) is 2.72. The number of piperidine rings is 1. The third-order valence-corrected chi connectivity index (χ3v) is 5.06. The Labute approximate surface area is 181 Å². The van der Waals surface area contributed by atoms with Gasteiger partial charge in [-0.15, -0.1) is 12.4 Å². The summed E-state index contributed by atoms with van der Waals surface area (Å²) in [5, 5.41) is 11.4. The highest BCUT2D eigenvalue weighted by atomic mass is 35.5. The van der Waals surface area contributed by atoms with E-state index in [-0.39, 0.29) is 46.7 Å². The van der Waals surface area contributed by atoms with Crippen molar-refractivity contribution in [3.63, 3.8) is 0 Å². The number of nitro groups is 1. The number of benzene rings is 2. The van der Waals surface area contributed by atoms with Crippen molar-refractivity contribution in [1.29, 1.82) is 0 Å². The van der Waals surface area contributed by atoms with E-state index >= 15 is 0 Å². The molecule has 30 heavy (non-hydrogen) atoms. The molecule has 160 valence electrons. The summed E-state index contributed by atoms with van der Waals surface area (Å²) in [5.41, 5.74) is 6.90. The van der Waals surface area contributed by atoms with E-state index in [9.17, 15) is 19.7 Å². The predicted molar refractivity (Wildman–Crippen MR) is 118 cm³/mol. The minimum Gasteiger partial charge on any atom is -0.372 e. The first kappa shape index (κ1) is 23.3. The number of rotatable bonds is 5. The van der Waals surface area contributed by atoms with Crippen molar-refractivity contribution in [3.05, 3.63) is 69.3 Å². The lowest BCUT2D eigenvalue weighted by Gasteiger charge is -2.31. The Balaban J connectivity index is 0.00000320. The van der Waals surface area contributed by atoms with Crippen LogP contribution in [0, 0.1) is 10.1 Å². The first-order valence-electron chi connectivity index (χ1n) is 9.44. The molecule has 3 rings (SSSR count). The Morgan fingerprint density at radius 1 is 1.17 bits per heavy atom. The maximum Gasteiger partial charge on any atom is 0.293 e. The average molecular weight is 433 g/mol. The molecule has 1 aliphatic heterocycles. The maximum atomic E-state index is 13.1. The minimum absolute atomic E-state index is 0. The predicted octanol–water partition coefficient (Wildman–Crippen LogP) is 2.88. The Morgan fingerprint density at radius 3 is 2.43 bits per heavy atom. The number of anilines is 1. The Hall–Kier alpha value is -2.97. The minimum atomic E-state index is -0.516. The number of nitrogens with zero attached hydrogens (tertiary/aromatic N) is 3. The molecule has 2 aromatic rings. The summed E-state index contributed by atoms with van der Waals surface area (Å²) >= 11 is 0. The fourth-order valence-electron chi connectivity index (χ4n) is 3.58. The highest BCUT2D eigenvalue weighted by molar-refractivity contribution is 6.15. The van der Waals surface area contributed by atoms with Crippen LogP contribution in [0.4, 0.5) is 11.4 Å². The van der Waals surface area contributed by atoms with Gasteiger partial charge in [-0.1, -0.05) is 18.2 Å². The molecule has 0 saturated carbocycles. The van der Waals surface area contributed by atoms with Gasteiger partial charge in [0.2, 0.25) is 0 Å². The van der Waals surface area contributed by atoms with Gasteiger partial charge >= 0.3 is 0 Å². The van der Waals surface area contributed by atoms with Gasteiger partial charge in [-0.3, -0.25) is 19.7 Å². The van der Waals surface area contributed by atoms with Crippen LogP contribution in [0.2, 0.25) is 0 Å². The van der Waals surface area contributed by atoms with Crippen LogP contribution >= 0.6 is 12.4 Å². The Kier molecular flexibility index (Phi) is 7.53. The summed E-state index contributed by atoms with van der Waals surface area (Å²) in [6, 6.07) is 10.8. The SMILES string of the molecule is CN(C)c1ccc(C(=O)c2ccccc2C(=O)N2CCCC(N)C2)cc1[N+](=O)[O-].Cl. The second-order valence-corrected chi connectivity index (χ2v) is 7.38. The Morgan fingerprint density at radius 2 is 1.83 bits per heavy atom. The van der Waals surface area contributed by atoms with Crippen LogP contribution in [-0.2, 0) is 0 Å². The van der Waals surface area contributed by atoms with Gasteiger partial charge in [0.25, 0.3) is 11.6 Å². The van der Waals surface area contributed by atoms with Crippen molar-refractivity contribution in [2.24, 2.45) is 5.73 Å². The van der Waals surface area contributed by atoms with E-state index in [1.807, 2.05) is 0 Å². The summed E-state index contributed by atoms with van der Waals surface area (Å²) < 4.78 is 0. The van der Waals surface area contributed by atoms with Crippen LogP contribution in [0.3, 0.4) is 0 Å². The van der Waals surface area contributed by atoms with Crippen LogP contribution in [0.1, 0.15) is 39.1 Å². The van der Waals surface area contributed by atoms with Crippen LogP contribution in [-0.4, -0.2) is 54.7 Å². The van der Waals surface area contributed by atoms with Crippen LogP contribution in [0.15, 0.2) is 42.5 Å². The van der Waals surface area contributed by atoms with Gasteiger partial charge in [0.15, 0.2) is 5.78 Å². The van der Waals surface area contributed by atoms with Gasteiger partial charge < -0.3 is 15.5 Å². The third kappa shape index (κ3) is 4.77. The number of ketones is 1. The summed E-state index contributed by atoms with van der Waals surface area (Å²) in [6.07, 6.45) is 1.69. The number of amides is 1. The lowest BCUT2D eigenvalue weighted by Crippen LogP contribution is -2.46. The fraction of sp³-hybridized carbons (Fsp3) is 0.333. The normalized spacial score (nSPS) is 15.8. The molecule has 1 amide bonds. The zero-order valence-corrected chi connectivity index (χ0v) is 17.7. The van der Waals surface area contributed by atoms with Crippen molar-refractivity contribution in [3.8, 4) is 0 Å². The smallest absolute Gasteiger partial charge is 0.293 e. The van der Waals surface area contributed by atoms with Gasteiger partial charge in [-0.2, -0.15) is 0 Å². The molecule has 1 heterocycles. The second kappa shape index (κ2) is 9.69. The van der Waals surface area contributed by atoms with Crippen molar-refractivity contribution < 1.29 is 14.5 Å². The number of halogens is 1.